The third kappa shape index (κ3) is 6.09. The molecule has 1 rings (SSSR count). The Hall–Kier alpha value is -0.820. The largest absolute Gasteiger partial charge is 0.385 e. The topological polar surface area (TPSA) is 79.8 Å². The first kappa shape index (κ1) is 17.2. The van der Waals surface area contributed by atoms with Gasteiger partial charge in [0.05, 0.1) is 5.75 Å². The number of methoxy groups -OCH3 is 1. The third-order valence-corrected chi connectivity index (χ3v) is 4.82. The van der Waals surface area contributed by atoms with Crippen LogP contribution in [0.4, 0.5) is 0 Å². The van der Waals surface area contributed by atoms with Gasteiger partial charge < -0.3 is 15.4 Å². The van der Waals surface area contributed by atoms with E-state index in [1.807, 2.05) is 0 Å². The summed E-state index contributed by atoms with van der Waals surface area (Å²) in [6, 6.07) is 0. The molecule has 0 bridgehead atoms. The van der Waals surface area contributed by atoms with Crippen molar-refractivity contribution in [2.24, 2.45) is 10.4 Å². The van der Waals surface area contributed by atoms with Crippen LogP contribution in [-0.2, 0) is 14.6 Å². The minimum Gasteiger partial charge on any atom is -0.385 e. The van der Waals surface area contributed by atoms with Crippen LogP contribution >= 0.6 is 0 Å². The lowest BCUT2D eigenvalue weighted by atomic mass is 9.67. The number of nitrogens with one attached hydrogen (secondary N) is 2. The Bertz CT molecular complexity index is 417. The molecule has 0 saturated heterocycles. The van der Waals surface area contributed by atoms with E-state index in [1.54, 1.807) is 14.2 Å². The molecule has 1 aliphatic rings. The summed E-state index contributed by atoms with van der Waals surface area (Å²) in [7, 11) is 0.482. The lowest BCUT2D eigenvalue weighted by Gasteiger charge is -2.42. The number of sulfone groups is 1. The fourth-order valence-electron chi connectivity index (χ4n) is 2.36. The number of nitrogens with zero attached hydrogens (tertiary/aromatic N) is 1. The minimum atomic E-state index is -2.94. The summed E-state index contributed by atoms with van der Waals surface area (Å²) >= 11 is 0. The Morgan fingerprint density at radius 3 is 2.50 bits per heavy atom. The average molecular weight is 305 g/mol. The summed E-state index contributed by atoms with van der Waals surface area (Å²) in [6.07, 6.45) is 5.98. The second kappa shape index (κ2) is 7.83. The molecule has 0 heterocycles. The highest BCUT2D eigenvalue weighted by molar-refractivity contribution is 7.90. The zero-order valence-corrected chi connectivity index (χ0v) is 13.6. The predicted octanol–water partition coefficient (Wildman–Crippen LogP) is 0.403. The number of ether oxygens (including phenoxy) is 1. The molecule has 6 nitrogen and oxygen atoms in total. The Labute approximate surface area is 122 Å². The molecule has 20 heavy (non-hydrogen) atoms. The van der Waals surface area contributed by atoms with Gasteiger partial charge in [0, 0.05) is 40.1 Å². The lowest BCUT2D eigenvalue weighted by molar-refractivity contribution is 0.0733. The first-order valence-electron chi connectivity index (χ1n) is 7.02. The van der Waals surface area contributed by atoms with Crippen molar-refractivity contribution in [3.63, 3.8) is 0 Å². The molecular weight excluding hydrogens is 278 g/mol. The van der Waals surface area contributed by atoms with Gasteiger partial charge >= 0.3 is 0 Å². The van der Waals surface area contributed by atoms with Gasteiger partial charge in [0.15, 0.2) is 5.96 Å². The SMILES string of the molecule is CN=C(NCCS(C)(=O)=O)NCC1(CCOC)CCC1. The van der Waals surface area contributed by atoms with E-state index in [-0.39, 0.29) is 5.75 Å². The van der Waals surface area contributed by atoms with Crippen LogP contribution in [0.3, 0.4) is 0 Å². The number of guanidine groups is 1. The molecule has 0 amide bonds. The zero-order chi connectivity index (χ0) is 15.1. The van der Waals surface area contributed by atoms with E-state index in [9.17, 15) is 8.42 Å². The van der Waals surface area contributed by atoms with Crippen LogP contribution in [-0.4, -0.2) is 60.2 Å². The summed E-state index contributed by atoms with van der Waals surface area (Å²) in [4.78, 5) is 4.12. The van der Waals surface area contributed by atoms with E-state index in [1.165, 1.54) is 25.5 Å². The number of rotatable bonds is 8. The summed E-state index contributed by atoms with van der Waals surface area (Å²) < 4.78 is 27.3. The predicted molar refractivity (Wildman–Crippen MR) is 81.9 cm³/mol. The maximum atomic E-state index is 11.1. The Morgan fingerprint density at radius 1 is 1.35 bits per heavy atom. The fraction of sp³-hybridized carbons (Fsp3) is 0.923. The highest BCUT2D eigenvalue weighted by atomic mass is 32.2. The molecule has 0 spiro atoms. The molecule has 1 saturated carbocycles. The van der Waals surface area contributed by atoms with Gasteiger partial charge in [0.2, 0.25) is 0 Å². The van der Waals surface area contributed by atoms with Gasteiger partial charge in [-0.2, -0.15) is 0 Å². The van der Waals surface area contributed by atoms with Gasteiger partial charge in [-0.05, 0) is 24.7 Å². The molecule has 7 heteroatoms. The molecule has 0 aliphatic heterocycles. The van der Waals surface area contributed by atoms with Crippen molar-refractivity contribution in [1.82, 2.24) is 10.6 Å². The third-order valence-electron chi connectivity index (χ3n) is 3.87. The highest BCUT2D eigenvalue weighted by Gasteiger charge is 2.36. The maximum absolute atomic E-state index is 11.1. The Kier molecular flexibility index (Phi) is 6.75. The van der Waals surface area contributed by atoms with Crippen LogP contribution in [0.15, 0.2) is 4.99 Å². The van der Waals surface area contributed by atoms with Gasteiger partial charge in [-0.3, -0.25) is 4.99 Å². The summed E-state index contributed by atoms with van der Waals surface area (Å²) in [6.45, 7) is 2.01. The van der Waals surface area contributed by atoms with Crippen molar-refractivity contribution in [2.75, 3.05) is 45.9 Å². The highest BCUT2D eigenvalue weighted by Crippen LogP contribution is 2.43. The zero-order valence-electron chi connectivity index (χ0n) is 12.7. The minimum absolute atomic E-state index is 0.114. The van der Waals surface area contributed by atoms with Crippen LogP contribution in [0.1, 0.15) is 25.7 Å². The van der Waals surface area contributed by atoms with Crippen molar-refractivity contribution >= 4 is 15.8 Å². The molecule has 0 aromatic heterocycles. The molecule has 1 fully saturated rings. The molecule has 0 radical (unpaired) electrons. The van der Waals surface area contributed by atoms with Gasteiger partial charge in [-0.1, -0.05) is 6.42 Å². The Morgan fingerprint density at radius 2 is 2.05 bits per heavy atom. The van der Waals surface area contributed by atoms with E-state index in [0.29, 0.717) is 17.9 Å². The van der Waals surface area contributed by atoms with Crippen LogP contribution in [0.2, 0.25) is 0 Å². The Balaban J connectivity index is 2.33. The number of hydrogen-bond acceptors (Lipinski definition) is 4. The molecule has 118 valence electrons. The van der Waals surface area contributed by atoms with Gasteiger partial charge in [-0.15, -0.1) is 0 Å². The summed E-state index contributed by atoms with van der Waals surface area (Å²) in [5, 5.41) is 6.33. The number of hydrogen-bond donors (Lipinski definition) is 2. The van der Waals surface area contributed by atoms with E-state index in [2.05, 4.69) is 15.6 Å². The van der Waals surface area contributed by atoms with E-state index < -0.39 is 9.84 Å². The molecule has 0 aromatic rings. The van der Waals surface area contributed by atoms with Crippen LogP contribution in [0.25, 0.3) is 0 Å². The molecule has 0 unspecified atom stereocenters. The number of aliphatic imine (C=N–C) groups is 1. The second-order valence-electron chi connectivity index (χ2n) is 5.58. The smallest absolute Gasteiger partial charge is 0.191 e. The van der Waals surface area contributed by atoms with Crippen molar-refractivity contribution in [3.05, 3.63) is 0 Å². The molecular formula is C13H27N3O3S. The van der Waals surface area contributed by atoms with Crippen LogP contribution < -0.4 is 10.6 Å². The second-order valence-corrected chi connectivity index (χ2v) is 7.84. The molecule has 2 N–H and O–H groups in total. The van der Waals surface area contributed by atoms with Crippen molar-refractivity contribution in [2.45, 2.75) is 25.7 Å². The molecule has 0 atom stereocenters. The lowest BCUT2D eigenvalue weighted by Crippen LogP contribution is -2.47. The molecule has 0 aromatic carbocycles. The standard InChI is InChI=1S/C13H27N3O3S/c1-14-12(15-8-10-20(3,17)18)16-11-13(5-4-6-13)7-9-19-2/h4-11H2,1-3H3,(H2,14,15,16). The normalized spacial score (nSPS) is 18.4. The van der Waals surface area contributed by atoms with Crippen LogP contribution in [0.5, 0.6) is 0 Å². The maximum Gasteiger partial charge on any atom is 0.191 e. The summed E-state index contributed by atoms with van der Waals surface area (Å²) in [5.74, 6) is 0.778. The fourth-order valence-corrected chi connectivity index (χ4v) is 2.83. The van der Waals surface area contributed by atoms with E-state index in [4.69, 9.17) is 4.74 Å². The quantitative estimate of drug-likeness (QED) is 0.501. The monoisotopic (exact) mass is 305 g/mol. The van der Waals surface area contributed by atoms with Gasteiger partial charge in [-0.25, -0.2) is 8.42 Å². The average Bonchev–Trinajstić information content (AvgIpc) is 2.33. The van der Waals surface area contributed by atoms with Gasteiger partial charge in [0.1, 0.15) is 9.84 Å². The van der Waals surface area contributed by atoms with Crippen molar-refractivity contribution in [1.29, 1.82) is 0 Å². The van der Waals surface area contributed by atoms with E-state index in [0.717, 1.165) is 19.6 Å². The van der Waals surface area contributed by atoms with Crippen LogP contribution in [0, 0.1) is 5.41 Å². The van der Waals surface area contributed by atoms with Gasteiger partial charge in [0.25, 0.3) is 0 Å². The first-order valence-corrected chi connectivity index (χ1v) is 9.08. The molecule has 1 aliphatic carbocycles. The van der Waals surface area contributed by atoms with Crippen molar-refractivity contribution in [3.8, 4) is 0 Å². The summed E-state index contributed by atoms with van der Waals surface area (Å²) in [5.41, 5.74) is 0.310. The van der Waals surface area contributed by atoms with E-state index >= 15 is 0 Å². The first-order chi connectivity index (χ1) is 9.41. The van der Waals surface area contributed by atoms with Crippen molar-refractivity contribution < 1.29 is 13.2 Å².